The molecule has 0 saturated carbocycles. The fourth-order valence-corrected chi connectivity index (χ4v) is 2.80. The zero-order chi connectivity index (χ0) is 18.8. The highest BCUT2D eigenvalue weighted by molar-refractivity contribution is 9.10. The fourth-order valence-electron chi connectivity index (χ4n) is 2.41. The van der Waals surface area contributed by atoms with Crippen LogP contribution in [0, 0.1) is 10.1 Å². The van der Waals surface area contributed by atoms with Gasteiger partial charge in [0.15, 0.2) is 5.82 Å². The van der Waals surface area contributed by atoms with E-state index in [9.17, 15) is 23.7 Å². The average Bonchev–Trinajstić information content (AvgIpc) is 2.98. The molecule has 0 aliphatic rings. The second-order valence-electron chi connectivity index (χ2n) is 5.16. The number of ether oxygens (including phenoxy) is 1. The smallest absolute Gasteiger partial charge is 0.338 e. The van der Waals surface area contributed by atoms with Crippen molar-refractivity contribution in [2.45, 2.75) is 13.2 Å². The van der Waals surface area contributed by atoms with Gasteiger partial charge in [-0.2, -0.15) is 8.78 Å². The van der Waals surface area contributed by atoms with Gasteiger partial charge in [0, 0.05) is 6.07 Å². The molecule has 1 heterocycles. The lowest BCUT2D eigenvalue weighted by atomic mass is 10.2. The van der Waals surface area contributed by atoms with Gasteiger partial charge in [0.05, 0.1) is 26.0 Å². The maximum atomic E-state index is 13.3. The third-order valence-corrected chi connectivity index (χ3v) is 4.25. The molecule has 0 spiro atoms. The van der Waals surface area contributed by atoms with Crippen LogP contribution < -0.4 is 0 Å². The molecule has 0 radical (unpaired) electrons. The minimum absolute atomic E-state index is 0.0698. The van der Waals surface area contributed by atoms with Crippen molar-refractivity contribution in [3.8, 4) is 0 Å². The fraction of sp³-hybridized carbons (Fsp3) is 0.125. The number of imidazole rings is 1. The molecule has 0 fully saturated rings. The number of halogens is 3. The van der Waals surface area contributed by atoms with E-state index in [0.717, 1.165) is 6.07 Å². The molecular weight excluding hydrogens is 416 g/mol. The third-order valence-electron chi connectivity index (χ3n) is 3.57. The summed E-state index contributed by atoms with van der Waals surface area (Å²) in [5, 5.41) is 10.9. The molecule has 3 rings (SSSR count). The SMILES string of the molecule is O=C(OCc1nc2ccccc2n1C(F)F)c1ccc(Br)c([N+](=O)[O-])c1. The van der Waals surface area contributed by atoms with E-state index in [1.807, 2.05) is 0 Å². The molecule has 0 saturated heterocycles. The molecule has 0 aliphatic carbocycles. The van der Waals surface area contributed by atoms with Gasteiger partial charge in [0.2, 0.25) is 0 Å². The van der Waals surface area contributed by atoms with Gasteiger partial charge in [-0.05, 0) is 40.2 Å². The van der Waals surface area contributed by atoms with E-state index in [2.05, 4.69) is 20.9 Å². The van der Waals surface area contributed by atoms with Crippen LogP contribution in [0.1, 0.15) is 22.7 Å². The van der Waals surface area contributed by atoms with Gasteiger partial charge in [0.25, 0.3) is 5.69 Å². The van der Waals surface area contributed by atoms with Crippen LogP contribution in [0.4, 0.5) is 14.5 Å². The minimum Gasteiger partial charge on any atom is -0.454 e. The Morgan fingerprint density at radius 2 is 2.04 bits per heavy atom. The van der Waals surface area contributed by atoms with E-state index in [-0.39, 0.29) is 27.1 Å². The summed E-state index contributed by atoms with van der Waals surface area (Å²) in [5.74, 6) is -1.00. The Balaban J connectivity index is 1.84. The lowest BCUT2D eigenvalue weighted by molar-refractivity contribution is -0.385. The van der Waals surface area contributed by atoms with Gasteiger partial charge in [-0.15, -0.1) is 0 Å². The Hall–Kier alpha value is -2.88. The lowest BCUT2D eigenvalue weighted by Crippen LogP contribution is -2.11. The molecule has 26 heavy (non-hydrogen) atoms. The van der Waals surface area contributed by atoms with Crippen LogP contribution >= 0.6 is 15.9 Å². The predicted octanol–water partition coefficient (Wildman–Crippen LogP) is 4.46. The van der Waals surface area contributed by atoms with E-state index >= 15 is 0 Å². The summed E-state index contributed by atoms with van der Waals surface area (Å²) < 4.78 is 32.5. The van der Waals surface area contributed by atoms with Crippen molar-refractivity contribution in [3.63, 3.8) is 0 Å². The number of nitro groups is 1. The molecule has 0 unspecified atom stereocenters. The summed E-state index contributed by atoms with van der Waals surface area (Å²) in [4.78, 5) is 26.4. The van der Waals surface area contributed by atoms with Crippen LogP contribution in [0.3, 0.4) is 0 Å². The number of alkyl halides is 2. The molecule has 0 aliphatic heterocycles. The molecular formula is C16H10BrF2N3O4. The van der Waals surface area contributed by atoms with Gasteiger partial charge in [-0.1, -0.05) is 12.1 Å². The number of hydrogen-bond donors (Lipinski definition) is 0. The first-order valence-corrected chi connectivity index (χ1v) is 8.03. The number of fused-ring (bicyclic) bond motifs is 1. The van der Waals surface area contributed by atoms with Gasteiger partial charge in [-0.25, -0.2) is 9.78 Å². The number of carbonyl (C=O) groups excluding carboxylic acids is 1. The van der Waals surface area contributed by atoms with Crippen molar-refractivity contribution < 1.29 is 23.2 Å². The van der Waals surface area contributed by atoms with Crippen LogP contribution in [0.5, 0.6) is 0 Å². The number of rotatable bonds is 5. The van der Waals surface area contributed by atoms with E-state index in [0.29, 0.717) is 10.1 Å². The maximum absolute atomic E-state index is 13.3. The number of hydrogen-bond acceptors (Lipinski definition) is 5. The predicted molar refractivity (Wildman–Crippen MR) is 90.9 cm³/mol. The largest absolute Gasteiger partial charge is 0.454 e. The average molecular weight is 426 g/mol. The molecule has 7 nitrogen and oxygen atoms in total. The normalized spacial score (nSPS) is 11.1. The maximum Gasteiger partial charge on any atom is 0.338 e. The monoisotopic (exact) mass is 425 g/mol. The summed E-state index contributed by atoms with van der Waals surface area (Å²) in [7, 11) is 0. The van der Waals surface area contributed by atoms with E-state index in [1.54, 1.807) is 18.2 Å². The second-order valence-corrected chi connectivity index (χ2v) is 6.02. The van der Waals surface area contributed by atoms with E-state index < -0.39 is 24.0 Å². The highest BCUT2D eigenvalue weighted by Gasteiger charge is 2.20. The van der Waals surface area contributed by atoms with Gasteiger partial charge in [-0.3, -0.25) is 14.7 Å². The molecule has 2 aromatic carbocycles. The summed E-state index contributed by atoms with van der Waals surface area (Å²) in [5.41, 5.74) is 0.185. The summed E-state index contributed by atoms with van der Waals surface area (Å²) in [6.07, 6.45) is 0. The zero-order valence-corrected chi connectivity index (χ0v) is 14.5. The molecule has 0 amide bonds. The standard InChI is InChI=1S/C16H10BrF2N3O4/c17-10-6-5-9(7-13(10)22(24)25)15(23)26-8-14-20-11-3-1-2-4-12(11)21(14)16(18)19/h1-7,16H,8H2. The van der Waals surface area contributed by atoms with Crippen LogP contribution in [-0.2, 0) is 11.3 Å². The Kier molecular flexibility index (Phi) is 4.94. The summed E-state index contributed by atoms with van der Waals surface area (Å²) >= 11 is 3.01. The number of carbonyl (C=O) groups is 1. The quantitative estimate of drug-likeness (QED) is 0.342. The van der Waals surface area contributed by atoms with Crippen LogP contribution in [-0.4, -0.2) is 20.4 Å². The van der Waals surface area contributed by atoms with Crippen LogP contribution in [0.25, 0.3) is 11.0 Å². The zero-order valence-electron chi connectivity index (χ0n) is 12.9. The topological polar surface area (TPSA) is 87.3 Å². The molecule has 1 aromatic heterocycles. The Bertz CT molecular complexity index is 1010. The van der Waals surface area contributed by atoms with Crippen molar-refractivity contribution >= 4 is 38.6 Å². The number of nitro benzene ring substituents is 1. The first-order chi connectivity index (χ1) is 12.4. The summed E-state index contributed by atoms with van der Waals surface area (Å²) in [6, 6.07) is 10.0. The lowest BCUT2D eigenvalue weighted by Gasteiger charge is -2.08. The Morgan fingerprint density at radius 3 is 2.73 bits per heavy atom. The number of esters is 1. The number of para-hydroxylation sites is 2. The molecule has 0 atom stereocenters. The van der Waals surface area contributed by atoms with Gasteiger partial charge in [0.1, 0.15) is 6.61 Å². The second kappa shape index (κ2) is 7.16. The van der Waals surface area contributed by atoms with Crippen molar-refractivity contribution in [2.24, 2.45) is 0 Å². The van der Waals surface area contributed by atoms with Gasteiger partial charge < -0.3 is 4.74 Å². The molecule has 10 heteroatoms. The molecule has 3 aromatic rings. The van der Waals surface area contributed by atoms with Gasteiger partial charge >= 0.3 is 12.5 Å². The van der Waals surface area contributed by atoms with E-state index in [1.165, 1.54) is 18.2 Å². The minimum atomic E-state index is -2.86. The first kappa shape index (κ1) is 17.9. The highest BCUT2D eigenvalue weighted by Crippen LogP contribution is 2.27. The molecule has 0 bridgehead atoms. The Morgan fingerprint density at radius 1 is 1.31 bits per heavy atom. The van der Waals surface area contributed by atoms with Crippen molar-refractivity contribution in [1.82, 2.24) is 9.55 Å². The highest BCUT2D eigenvalue weighted by atomic mass is 79.9. The number of aromatic nitrogens is 2. The number of benzene rings is 2. The molecule has 134 valence electrons. The van der Waals surface area contributed by atoms with Crippen LogP contribution in [0.15, 0.2) is 46.9 Å². The van der Waals surface area contributed by atoms with Crippen molar-refractivity contribution in [3.05, 3.63) is 68.4 Å². The summed E-state index contributed by atoms with van der Waals surface area (Å²) in [6.45, 7) is -3.35. The van der Waals surface area contributed by atoms with E-state index in [4.69, 9.17) is 4.74 Å². The van der Waals surface area contributed by atoms with Crippen LogP contribution in [0.2, 0.25) is 0 Å². The number of nitrogens with zero attached hydrogens (tertiary/aromatic N) is 3. The third kappa shape index (κ3) is 3.40. The Labute approximate surface area is 153 Å². The van der Waals surface area contributed by atoms with Crippen molar-refractivity contribution in [2.75, 3.05) is 0 Å². The molecule has 0 N–H and O–H groups in total. The first-order valence-electron chi connectivity index (χ1n) is 7.23. The van der Waals surface area contributed by atoms with Crippen molar-refractivity contribution in [1.29, 1.82) is 0 Å².